The SMILES string of the molecule is CCCCc1cc(C)c2op(Cl)oc3c(CCCC)cc(CCCC)cc3c2c1. The molecule has 1 atom stereocenters. The molecule has 1 heterocycles. The van der Waals surface area contributed by atoms with E-state index < -0.39 is 7.37 Å². The molecule has 0 saturated heterocycles. The van der Waals surface area contributed by atoms with E-state index in [9.17, 15) is 0 Å². The lowest BCUT2D eigenvalue weighted by Gasteiger charge is -2.09. The fraction of sp³-hybridized carbons (Fsp3) is 0.520. The predicted octanol–water partition coefficient (Wildman–Crippen LogP) is 9.63. The van der Waals surface area contributed by atoms with Crippen LogP contribution in [0.25, 0.3) is 21.9 Å². The van der Waals surface area contributed by atoms with E-state index in [-0.39, 0.29) is 0 Å². The molecule has 29 heavy (non-hydrogen) atoms. The van der Waals surface area contributed by atoms with E-state index >= 15 is 0 Å². The molecule has 0 spiro atoms. The molecule has 0 bridgehead atoms. The highest BCUT2D eigenvalue weighted by molar-refractivity contribution is 7.68. The third kappa shape index (κ3) is 5.41. The number of halogens is 1. The van der Waals surface area contributed by atoms with Crippen LogP contribution in [-0.4, -0.2) is 0 Å². The molecule has 1 aromatic heterocycles. The first-order valence-corrected chi connectivity index (χ1v) is 13.3. The summed E-state index contributed by atoms with van der Waals surface area (Å²) in [6, 6.07) is 9.21. The minimum absolute atomic E-state index is 0.888. The van der Waals surface area contributed by atoms with E-state index in [4.69, 9.17) is 19.6 Å². The molecule has 4 heteroatoms. The zero-order chi connectivity index (χ0) is 20.8. The van der Waals surface area contributed by atoms with E-state index in [0.717, 1.165) is 59.6 Å². The van der Waals surface area contributed by atoms with Crippen molar-refractivity contribution in [2.75, 3.05) is 0 Å². The van der Waals surface area contributed by atoms with E-state index in [1.165, 1.54) is 42.4 Å². The molecular formula is C25H34ClO2P. The van der Waals surface area contributed by atoms with Crippen molar-refractivity contribution in [1.29, 1.82) is 0 Å². The second-order valence-electron chi connectivity index (χ2n) is 8.13. The Morgan fingerprint density at radius 2 is 1.24 bits per heavy atom. The van der Waals surface area contributed by atoms with Gasteiger partial charge in [-0.15, -0.1) is 0 Å². The lowest BCUT2D eigenvalue weighted by atomic mass is 9.95. The van der Waals surface area contributed by atoms with Crippen LogP contribution < -0.4 is 0 Å². The molecule has 0 aliphatic heterocycles. The van der Waals surface area contributed by atoms with Crippen molar-refractivity contribution in [1.82, 2.24) is 0 Å². The first-order valence-electron chi connectivity index (χ1n) is 11.2. The maximum atomic E-state index is 6.52. The number of hydrogen-bond acceptors (Lipinski definition) is 2. The van der Waals surface area contributed by atoms with Crippen molar-refractivity contribution < 1.29 is 8.39 Å². The maximum Gasteiger partial charge on any atom is 0.327 e. The summed E-state index contributed by atoms with van der Waals surface area (Å²) in [6.45, 7) is 8.84. The van der Waals surface area contributed by atoms with Crippen molar-refractivity contribution in [3.05, 3.63) is 46.5 Å². The minimum Gasteiger partial charge on any atom is -0.408 e. The standard InChI is InChI=1S/C25H34ClO2P/c1-5-8-11-19-14-18(4)24-22(16-19)23-17-20(12-9-6-2)15-21(13-10-7-3)25(23)28-29(26)27-24/h14-17H,5-13H2,1-4H3. The molecule has 0 aliphatic carbocycles. The van der Waals surface area contributed by atoms with Crippen LogP contribution in [0.4, 0.5) is 0 Å². The molecule has 0 N–H and O–H groups in total. The number of aryl methyl sites for hydroxylation is 4. The minimum atomic E-state index is -1.51. The molecule has 2 aromatic carbocycles. The van der Waals surface area contributed by atoms with Gasteiger partial charge in [0.15, 0.2) is 0 Å². The molecule has 3 aromatic rings. The molecule has 0 saturated carbocycles. The second kappa shape index (κ2) is 10.6. The van der Waals surface area contributed by atoms with Crippen molar-refractivity contribution >= 4 is 40.5 Å². The van der Waals surface area contributed by atoms with Gasteiger partial charge < -0.3 is 8.39 Å². The van der Waals surface area contributed by atoms with Crippen LogP contribution >= 0.6 is 18.6 Å². The zero-order valence-corrected chi connectivity index (χ0v) is 20.0. The summed E-state index contributed by atoms with van der Waals surface area (Å²) in [5.41, 5.74) is 7.00. The summed E-state index contributed by atoms with van der Waals surface area (Å²) < 4.78 is 12.3. The van der Waals surface area contributed by atoms with Gasteiger partial charge >= 0.3 is 7.37 Å². The van der Waals surface area contributed by atoms with Crippen molar-refractivity contribution in [2.24, 2.45) is 0 Å². The van der Waals surface area contributed by atoms with Crippen molar-refractivity contribution in [3.63, 3.8) is 0 Å². The third-order valence-corrected chi connectivity index (χ3v) is 6.68. The van der Waals surface area contributed by atoms with E-state index in [1.54, 1.807) is 0 Å². The van der Waals surface area contributed by atoms with Gasteiger partial charge in [0.05, 0.1) is 0 Å². The number of unbranched alkanes of at least 4 members (excludes halogenated alkanes) is 3. The Bertz CT molecular complexity index is 1010. The first kappa shape index (κ1) is 22.3. The van der Waals surface area contributed by atoms with Crippen LogP contribution in [0.5, 0.6) is 0 Å². The van der Waals surface area contributed by atoms with Crippen LogP contribution in [0, 0.1) is 6.92 Å². The molecule has 0 fully saturated rings. The van der Waals surface area contributed by atoms with Crippen LogP contribution in [-0.2, 0) is 19.3 Å². The van der Waals surface area contributed by atoms with E-state index in [2.05, 4.69) is 52.0 Å². The maximum absolute atomic E-state index is 6.52. The van der Waals surface area contributed by atoms with Crippen LogP contribution in [0.1, 0.15) is 81.5 Å². The molecular weight excluding hydrogens is 399 g/mol. The highest BCUT2D eigenvalue weighted by Crippen LogP contribution is 2.41. The summed E-state index contributed by atoms with van der Waals surface area (Å²) >= 11 is 6.52. The monoisotopic (exact) mass is 432 g/mol. The average molecular weight is 433 g/mol. The Hall–Kier alpha value is -1.37. The quantitative estimate of drug-likeness (QED) is 0.336. The molecule has 0 radical (unpaired) electrons. The van der Waals surface area contributed by atoms with Gasteiger partial charge in [-0.3, -0.25) is 0 Å². The van der Waals surface area contributed by atoms with Crippen LogP contribution in [0.2, 0.25) is 0 Å². The van der Waals surface area contributed by atoms with Gasteiger partial charge in [0.25, 0.3) is 0 Å². The summed E-state index contributed by atoms with van der Waals surface area (Å²) in [7, 11) is -1.51. The predicted molar refractivity (Wildman–Crippen MR) is 128 cm³/mol. The largest absolute Gasteiger partial charge is 0.408 e. The number of benzene rings is 2. The Morgan fingerprint density at radius 1 is 0.724 bits per heavy atom. The lowest BCUT2D eigenvalue weighted by molar-refractivity contribution is 0.649. The first-order chi connectivity index (χ1) is 14.1. The molecule has 0 amide bonds. The van der Waals surface area contributed by atoms with Gasteiger partial charge in [-0.05, 0) is 79.8 Å². The van der Waals surface area contributed by atoms with Gasteiger partial charge in [0.1, 0.15) is 11.2 Å². The average Bonchev–Trinajstić information content (AvgIpc) is 2.85. The second-order valence-corrected chi connectivity index (χ2v) is 9.75. The fourth-order valence-electron chi connectivity index (χ4n) is 4.00. The van der Waals surface area contributed by atoms with Crippen molar-refractivity contribution in [2.45, 2.75) is 85.5 Å². The van der Waals surface area contributed by atoms with Gasteiger partial charge in [0, 0.05) is 22.0 Å². The van der Waals surface area contributed by atoms with Crippen molar-refractivity contribution in [3.8, 4) is 0 Å². The summed E-state index contributed by atoms with van der Waals surface area (Å²) in [6.07, 6.45) is 10.3. The molecule has 0 aliphatic rings. The third-order valence-electron chi connectivity index (χ3n) is 5.61. The Labute approximate surface area is 181 Å². The topological polar surface area (TPSA) is 26.3 Å². The Kier molecular flexibility index (Phi) is 8.16. The number of fused-ring (bicyclic) bond motifs is 3. The smallest absolute Gasteiger partial charge is 0.327 e. The highest BCUT2D eigenvalue weighted by atomic mass is 35.7. The van der Waals surface area contributed by atoms with Gasteiger partial charge in [-0.2, -0.15) is 0 Å². The van der Waals surface area contributed by atoms with E-state index in [1.807, 2.05) is 0 Å². The number of hydrogen-bond donors (Lipinski definition) is 0. The van der Waals surface area contributed by atoms with Gasteiger partial charge in [0.2, 0.25) is 0 Å². The van der Waals surface area contributed by atoms with Crippen LogP contribution in [0.15, 0.2) is 32.7 Å². The molecule has 158 valence electrons. The normalized spacial score (nSPS) is 12.1. The summed E-state index contributed by atoms with van der Waals surface area (Å²) in [4.78, 5) is 0. The Balaban J connectivity index is 2.34. The van der Waals surface area contributed by atoms with Gasteiger partial charge in [-0.25, -0.2) is 0 Å². The van der Waals surface area contributed by atoms with Crippen LogP contribution in [0.3, 0.4) is 0 Å². The van der Waals surface area contributed by atoms with Gasteiger partial charge in [-0.1, -0.05) is 52.2 Å². The lowest BCUT2D eigenvalue weighted by Crippen LogP contribution is -1.93. The summed E-state index contributed by atoms with van der Waals surface area (Å²) in [5, 5.41) is 2.31. The highest BCUT2D eigenvalue weighted by Gasteiger charge is 2.14. The molecule has 1 unspecified atom stereocenters. The Morgan fingerprint density at radius 3 is 1.86 bits per heavy atom. The van der Waals surface area contributed by atoms with E-state index in [0.29, 0.717) is 0 Å². The number of rotatable bonds is 9. The fourth-order valence-corrected chi connectivity index (χ4v) is 5.19. The summed E-state index contributed by atoms with van der Waals surface area (Å²) in [5.74, 6) is 0. The zero-order valence-electron chi connectivity index (χ0n) is 18.3. The molecule has 3 rings (SSSR count). The molecule has 2 nitrogen and oxygen atoms in total.